The van der Waals surface area contributed by atoms with Gasteiger partial charge in [-0.15, -0.1) is 0 Å². The summed E-state index contributed by atoms with van der Waals surface area (Å²) >= 11 is 0. The summed E-state index contributed by atoms with van der Waals surface area (Å²) < 4.78 is 31.5. The van der Waals surface area contributed by atoms with Crippen molar-refractivity contribution in [1.82, 2.24) is 9.79 Å². The van der Waals surface area contributed by atoms with Crippen LogP contribution in [0.5, 0.6) is 5.75 Å². The molecule has 1 aliphatic heterocycles. The Morgan fingerprint density at radius 1 is 1.52 bits per heavy atom. The van der Waals surface area contributed by atoms with Gasteiger partial charge in [-0.25, -0.2) is 13.9 Å². The molecule has 1 atom stereocenters. The predicted molar refractivity (Wildman–Crippen MR) is 74.8 cm³/mol. The van der Waals surface area contributed by atoms with E-state index >= 15 is 0 Å². The second kappa shape index (κ2) is 5.88. The third kappa shape index (κ3) is 2.80. The number of nitrogens with one attached hydrogen (secondary N) is 2. The minimum absolute atomic E-state index is 0.0680. The van der Waals surface area contributed by atoms with Crippen LogP contribution in [0.25, 0.3) is 0 Å². The van der Waals surface area contributed by atoms with E-state index in [1.54, 1.807) is 12.1 Å². The number of anilines is 1. The van der Waals surface area contributed by atoms with Crippen LogP contribution in [0.3, 0.4) is 0 Å². The van der Waals surface area contributed by atoms with Crippen LogP contribution in [0.15, 0.2) is 23.1 Å². The highest BCUT2D eigenvalue weighted by molar-refractivity contribution is 7.89. The third-order valence-electron chi connectivity index (χ3n) is 3.34. The van der Waals surface area contributed by atoms with Gasteiger partial charge in [0, 0.05) is 19.2 Å². The fourth-order valence-electron chi connectivity index (χ4n) is 2.17. The number of amides is 1. The number of carbonyl (C=O) groups is 1. The monoisotopic (exact) mass is 315 g/mol. The van der Waals surface area contributed by atoms with Crippen LogP contribution >= 0.6 is 0 Å². The number of rotatable bonds is 3. The summed E-state index contributed by atoms with van der Waals surface area (Å²) in [5.41, 5.74) is 1.90. The van der Waals surface area contributed by atoms with Crippen LogP contribution in [0.2, 0.25) is 0 Å². The Bertz CT molecular complexity index is 646. The van der Waals surface area contributed by atoms with Crippen LogP contribution in [-0.4, -0.2) is 50.1 Å². The molecule has 0 aliphatic carbocycles. The lowest BCUT2D eigenvalue weighted by Gasteiger charge is -2.24. The number of hydrogen-bond donors (Lipinski definition) is 3. The summed E-state index contributed by atoms with van der Waals surface area (Å²) in [6, 6.07) is 3.54. The average Bonchev–Trinajstić information content (AvgIpc) is 2.61. The highest BCUT2D eigenvalue weighted by Gasteiger charge is 2.36. The molecular formula is C12H17N3O5S. The van der Waals surface area contributed by atoms with Gasteiger partial charge < -0.3 is 10.1 Å². The van der Waals surface area contributed by atoms with Crippen molar-refractivity contribution >= 4 is 21.6 Å². The number of hydrogen-bond acceptors (Lipinski definition) is 6. The normalized spacial score (nSPS) is 18.8. The Labute approximate surface area is 122 Å². The maximum Gasteiger partial charge on any atom is 0.261 e. The molecule has 2 rings (SSSR count). The standard InChI is InChI=1S/C12H17N3O5S/c1-8(12(16)14-17)15-6-5-13-10-7-9(20-2)3-4-11(10)21(15,18)19/h3-4,7-8,13,17H,5-6H2,1-2H3,(H,14,16). The largest absolute Gasteiger partial charge is 0.497 e. The molecule has 0 saturated heterocycles. The highest BCUT2D eigenvalue weighted by atomic mass is 32.2. The van der Waals surface area contributed by atoms with E-state index in [0.29, 0.717) is 18.0 Å². The number of nitrogens with zero attached hydrogens (tertiary/aromatic N) is 1. The van der Waals surface area contributed by atoms with Crippen molar-refractivity contribution in [3.63, 3.8) is 0 Å². The van der Waals surface area contributed by atoms with E-state index in [1.165, 1.54) is 25.6 Å². The second-order valence-corrected chi connectivity index (χ2v) is 6.42. The zero-order chi connectivity index (χ0) is 15.6. The predicted octanol–water partition coefficient (Wildman–Crippen LogP) is 0.00530. The molecule has 1 aromatic carbocycles. The van der Waals surface area contributed by atoms with Crippen molar-refractivity contribution in [1.29, 1.82) is 0 Å². The SMILES string of the molecule is COc1ccc2c(c1)NCCN(C(C)C(=O)NO)S2(=O)=O. The topological polar surface area (TPSA) is 108 Å². The first-order chi connectivity index (χ1) is 9.91. The van der Waals surface area contributed by atoms with Gasteiger partial charge >= 0.3 is 0 Å². The Balaban J connectivity index is 2.48. The van der Waals surface area contributed by atoms with Crippen LogP contribution in [0.1, 0.15) is 6.92 Å². The van der Waals surface area contributed by atoms with Crippen molar-refractivity contribution in [2.24, 2.45) is 0 Å². The molecule has 1 aliphatic rings. The van der Waals surface area contributed by atoms with Crippen molar-refractivity contribution in [3.8, 4) is 5.75 Å². The second-order valence-electron chi connectivity index (χ2n) is 4.56. The average molecular weight is 315 g/mol. The molecule has 0 fully saturated rings. The molecule has 1 aromatic rings. The first-order valence-corrected chi connectivity index (χ1v) is 7.73. The molecule has 8 nitrogen and oxygen atoms in total. The van der Waals surface area contributed by atoms with E-state index in [1.807, 2.05) is 0 Å². The van der Waals surface area contributed by atoms with E-state index in [9.17, 15) is 13.2 Å². The van der Waals surface area contributed by atoms with Gasteiger partial charge in [-0.1, -0.05) is 0 Å². The fraction of sp³-hybridized carbons (Fsp3) is 0.417. The summed E-state index contributed by atoms with van der Waals surface area (Å²) in [6.45, 7) is 1.86. The molecule has 1 amide bonds. The summed E-state index contributed by atoms with van der Waals surface area (Å²) in [5.74, 6) is -0.249. The summed E-state index contributed by atoms with van der Waals surface area (Å²) in [6.07, 6.45) is 0. The Hall–Kier alpha value is -1.84. The van der Waals surface area contributed by atoms with Crippen LogP contribution in [0.4, 0.5) is 5.69 Å². The van der Waals surface area contributed by atoms with Gasteiger partial charge in [0.15, 0.2) is 0 Å². The zero-order valence-electron chi connectivity index (χ0n) is 11.7. The maximum absolute atomic E-state index is 12.7. The third-order valence-corrected chi connectivity index (χ3v) is 5.37. The Kier molecular flexibility index (Phi) is 4.35. The Morgan fingerprint density at radius 2 is 2.24 bits per heavy atom. The number of fused-ring (bicyclic) bond motifs is 1. The van der Waals surface area contributed by atoms with Gasteiger partial charge in [0.05, 0.1) is 12.8 Å². The molecular weight excluding hydrogens is 298 g/mol. The van der Waals surface area contributed by atoms with Gasteiger partial charge in [0.2, 0.25) is 10.0 Å². The zero-order valence-corrected chi connectivity index (χ0v) is 12.5. The van der Waals surface area contributed by atoms with Gasteiger partial charge in [-0.05, 0) is 19.1 Å². The Morgan fingerprint density at radius 3 is 2.86 bits per heavy atom. The molecule has 0 radical (unpaired) electrons. The minimum Gasteiger partial charge on any atom is -0.497 e. The van der Waals surface area contributed by atoms with Crippen molar-refractivity contribution in [2.75, 3.05) is 25.5 Å². The number of carbonyl (C=O) groups excluding carboxylic acids is 1. The lowest BCUT2D eigenvalue weighted by atomic mass is 10.3. The molecule has 0 aromatic heterocycles. The number of ether oxygens (including phenoxy) is 1. The first-order valence-electron chi connectivity index (χ1n) is 6.29. The van der Waals surface area contributed by atoms with Gasteiger partial charge in [0.25, 0.3) is 5.91 Å². The molecule has 0 spiro atoms. The minimum atomic E-state index is -3.86. The summed E-state index contributed by atoms with van der Waals surface area (Å²) in [5, 5.41) is 11.7. The number of sulfonamides is 1. The van der Waals surface area contributed by atoms with Crippen molar-refractivity contribution < 1.29 is 23.2 Å². The molecule has 21 heavy (non-hydrogen) atoms. The van der Waals surface area contributed by atoms with Gasteiger partial charge in [-0.3, -0.25) is 10.0 Å². The fourth-order valence-corrected chi connectivity index (χ4v) is 3.92. The van der Waals surface area contributed by atoms with E-state index in [0.717, 1.165) is 4.31 Å². The van der Waals surface area contributed by atoms with E-state index in [2.05, 4.69) is 5.32 Å². The van der Waals surface area contributed by atoms with Gasteiger partial charge in [0.1, 0.15) is 16.7 Å². The summed E-state index contributed by atoms with van der Waals surface area (Å²) in [4.78, 5) is 11.6. The van der Waals surface area contributed by atoms with Crippen LogP contribution in [0, 0.1) is 0 Å². The number of methoxy groups -OCH3 is 1. The molecule has 1 unspecified atom stereocenters. The van der Waals surface area contributed by atoms with E-state index in [4.69, 9.17) is 9.94 Å². The molecule has 9 heteroatoms. The van der Waals surface area contributed by atoms with Gasteiger partial charge in [-0.2, -0.15) is 4.31 Å². The van der Waals surface area contributed by atoms with E-state index < -0.39 is 22.0 Å². The first kappa shape index (κ1) is 15.5. The maximum atomic E-state index is 12.7. The highest BCUT2D eigenvalue weighted by Crippen LogP contribution is 2.31. The molecule has 0 bridgehead atoms. The lowest BCUT2D eigenvalue weighted by Crippen LogP contribution is -2.47. The summed E-state index contributed by atoms with van der Waals surface area (Å²) in [7, 11) is -2.36. The number of hydroxylamine groups is 1. The van der Waals surface area contributed by atoms with Crippen molar-refractivity contribution in [2.45, 2.75) is 17.9 Å². The molecule has 1 heterocycles. The smallest absolute Gasteiger partial charge is 0.261 e. The van der Waals surface area contributed by atoms with Crippen LogP contribution in [-0.2, 0) is 14.8 Å². The number of benzene rings is 1. The quantitative estimate of drug-likeness (QED) is 0.535. The molecule has 3 N–H and O–H groups in total. The molecule has 116 valence electrons. The lowest BCUT2D eigenvalue weighted by molar-refractivity contribution is -0.132. The van der Waals surface area contributed by atoms with Crippen molar-refractivity contribution in [3.05, 3.63) is 18.2 Å². The van der Waals surface area contributed by atoms with Crippen LogP contribution < -0.4 is 15.5 Å². The molecule has 0 saturated carbocycles. The van der Waals surface area contributed by atoms with E-state index in [-0.39, 0.29) is 11.4 Å².